The number of fused-ring (bicyclic) bond motifs is 1. The van der Waals surface area contributed by atoms with E-state index in [1.165, 1.54) is 6.07 Å². The van der Waals surface area contributed by atoms with Gasteiger partial charge in [-0.2, -0.15) is 13.2 Å². The molecule has 2 heterocycles. The van der Waals surface area contributed by atoms with E-state index in [4.69, 9.17) is 0 Å². The van der Waals surface area contributed by atoms with Crippen LogP contribution >= 0.6 is 0 Å². The number of pyridine rings is 1. The van der Waals surface area contributed by atoms with Crippen molar-refractivity contribution >= 4 is 21.1 Å². The van der Waals surface area contributed by atoms with E-state index < -0.39 is 21.9 Å². The van der Waals surface area contributed by atoms with Crippen LogP contribution in [0.2, 0.25) is 0 Å². The Kier molecular flexibility index (Phi) is 4.61. The molecule has 0 unspecified atom stereocenters. The predicted octanol–water partition coefficient (Wildman–Crippen LogP) is 5.21. The van der Waals surface area contributed by atoms with Crippen LogP contribution in [0.15, 0.2) is 41.3 Å². The monoisotopic (exact) mass is 410 g/mol. The average molecular weight is 410 g/mol. The molecule has 0 amide bonds. The van der Waals surface area contributed by atoms with Crippen LogP contribution in [-0.4, -0.2) is 17.4 Å². The lowest BCUT2D eigenvalue weighted by Crippen LogP contribution is -2.17. The number of nitrogens with zero attached hydrogens (tertiary/aromatic N) is 2. The van der Waals surface area contributed by atoms with Gasteiger partial charge in [-0.25, -0.2) is 17.4 Å². The van der Waals surface area contributed by atoms with Crippen LogP contribution in [0.1, 0.15) is 43.3 Å². The molecular formula is C20H21F3N2O2S. The van der Waals surface area contributed by atoms with E-state index in [1.54, 1.807) is 26.0 Å². The van der Waals surface area contributed by atoms with Gasteiger partial charge < -0.3 is 0 Å². The maximum Gasteiger partial charge on any atom is 0.433 e. The van der Waals surface area contributed by atoms with E-state index in [0.717, 1.165) is 21.7 Å². The SMILES string of the molecule is Cc1c(C)n(S(=O)(=O)c2cccc(C(C)(C)C)c2)c2ccc(C(F)(F)F)nc12. The number of alkyl halides is 3. The van der Waals surface area contributed by atoms with E-state index in [9.17, 15) is 21.6 Å². The predicted molar refractivity (Wildman–Crippen MR) is 102 cm³/mol. The minimum absolute atomic E-state index is 0.0304. The van der Waals surface area contributed by atoms with Gasteiger partial charge in [-0.1, -0.05) is 32.9 Å². The topological polar surface area (TPSA) is 52.0 Å². The fourth-order valence-electron chi connectivity index (χ4n) is 3.09. The standard InChI is InChI=1S/C20H21F3N2O2S/c1-12-13(2)25(16-9-10-17(20(21,22)23)24-18(12)16)28(26,27)15-8-6-7-14(11-15)19(3,4)5/h6-11H,1-5H3. The molecule has 0 aliphatic carbocycles. The minimum atomic E-state index is -4.60. The third kappa shape index (κ3) is 3.30. The van der Waals surface area contributed by atoms with Crippen molar-refractivity contribution in [1.82, 2.24) is 8.96 Å². The molecule has 0 aliphatic heterocycles. The first-order valence-electron chi connectivity index (χ1n) is 8.66. The summed E-state index contributed by atoms with van der Waals surface area (Å²) in [5.41, 5.74) is 0.439. The van der Waals surface area contributed by atoms with Gasteiger partial charge in [0.25, 0.3) is 10.0 Å². The van der Waals surface area contributed by atoms with Crippen LogP contribution in [0.5, 0.6) is 0 Å². The van der Waals surface area contributed by atoms with E-state index in [2.05, 4.69) is 4.98 Å². The van der Waals surface area contributed by atoms with Crippen LogP contribution in [0.3, 0.4) is 0 Å². The molecule has 0 bridgehead atoms. The largest absolute Gasteiger partial charge is 0.433 e. The Bertz CT molecular complexity index is 1170. The maximum absolute atomic E-state index is 13.4. The molecule has 0 spiro atoms. The van der Waals surface area contributed by atoms with Gasteiger partial charge in [0.1, 0.15) is 5.69 Å². The summed E-state index contributed by atoms with van der Waals surface area (Å²) < 4.78 is 66.9. The Balaban J connectivity index is 2.28. The van der Waals surface area contributed by atoms with Crippen LogP contribution in [0.25, 0.3) is 11.0 Å². The molecule has 0 radical (unpaired) electrons. The van der Waals surface area contributed by atoms with E-state index in [-0.39, 0.29) is 21.3 Å². The Morgan fingerprint density at radius 2 is 1.64 bits per heavy atom. The highest BCUT2D eigenvalue weighted by atomic mass is 32.2. The van der Waals surface area contributed by atoms with Gasteiger partial charge >= 0.3 is 6.18 Å². The average Bonchev–Trinajstić information content (AvgIpc) is 2.84. The van der Waals surface area contributed by atoms with Gasteiger partial charge in [-0.05, 0) is 54.7 Å². The maximum atomic E-state index is 13.4. The first kappa shape index (κ1) is 20.4. The molecule has 8 heteroatoms. The van der Waals surface area contributed by atoms with Crippen molar-refractivity contribution in [3.8, 4) is 0 Å². The fourth-order valence-corrected chi connectivity index (χ4v) is 4.73. The molecule has 3 aromatic rings. The van der Waals surface area contributed by atoms with Crippen molar-refractivity contribution in [2.24, 2.45) is 0 Å². The Morgan fingerprint density at radius 3 is 2.21 bits per heavy atom. The lowest BCUT2D eigenvalue weighted by Gasteiger charge is -2.20. The number of aryl methyl sites for hydroxylation is 1. The van der Waals surface area contributed by atoms with Crippen molar-refractivity contribution in [2.75, 3.05) is 0 Å². The first-order chi connectivity index (χ1) is 12.7. The van der Waals surface area contributed by atoms with Gasteiger partial charge in [0, 0.05) is 5.69 Å². The molecule has 3 rings (SSSR count). The van der Waals surface area contributed by atoms with Crippen LogP contribution in [-0.2, 0) is 21.6 Å². The van der Waals surface area contributed by atoms with Gasteiger partial charge in [0.2, 0.25) is 0 Å². The summed E-state index contributed by atoms with van der Waals surface area (Å²) >= 11 is 0. The minimum Gasteiger partial charge on any atom is -0.241 e. The number of halogens is 3. The van der Waals surface area contributed by atoms with Crippen molar-refractivity contribution in [2.45, 2.75) is 51.1 Å². The summed E-state index contributed by atoms with van der Waals surface area (Å²) in [6.07, 6.45) is -4.60. The molecule has 28 heavy (non-hydrogen) atoms. The molecule has 0 saturated heterocycles. The highest BCUT2D eigenvalue weighted by molar-refractivity contribution is 7.90. The smallest absolute Gasteiger partial charge is 0.241 e. The zero-order valence-corrected chi connectivity index (χ0v) is 17.0. The number of rotatable bonds is 2. The third-order valence-electron chi connectivity index (χ3n) is 4.82. The van der Waals surface area contributed by atoms with E-state index in [0.29, 0.717) is 11.3 Å². The zero-order chi connectivity index (χ0) is 21.1. The quantitative estimate of drug-likeness (QED) is 0.583. The summed E-state index contributed by atoms with van der Waals surface area (Å²) in [4.78, 5) is 3.76. The molecule has 1 aromatic carbocycles. The molecule has 4 nitrogen and oxygen atoms in total. The van der Waals surface area contributed by atoms with Crippen molar-refractivity contribution < 1.29 is 21.6 Å². The fraction of sp³-hybridized carbons (Fsp3) is 0.350. The second kappa shape index (κ2) is 6.34. The molecule has 0 aliphatic rings. The highest BCUT2D eigenvalue weighted by Gasteiger charge is 2.34. The first-order valence-corrected chi connectivity index (χ1v) is 10.1. The molecule has 150 valence electrons. The lowest BCUT2D eigenvalue weighted by molar-refractivity contribution is -0.140. The van der Waals surface area contributed by atoms with E-state index >= 15 is 0 Å². The zero-order valence-electron chi connectivity index (χ0n) is 16.2. The molecule has 0 saturated carbocycles. The van der Waals surface area contributed by atoms with Gasteiger partial charge in [0.05, 0.1) is 15.9 Å². The lowest BCUT2D eigenvalue weighted by atomic mass is 9.87. The summed E-state index contributed by atoms with van der Waals surface area (Å²) in [6.45, 7) is 9.06. The Morgan fingerprint density at radius 1 is 1.00 bits per heavy atom. The summed E-state index contributed by atoms with van der Waals surface area (Å²) in [5.74, 6) is 0. The number of hydrogen-bond acceptors (Lipinski definition) is 3. The second-order valence-electron chi connectivity index (χ2n) is 7.82. The molecule has 0 N–H and O–H groups in total. The number of hydrogen-bond donors (Lipinski definition) is 0. The number of aromatic nitrogens is 2. The third-order valence-corrected chi connectivity index (χ3v) is 6.62. The summed E-state index contributed by atoms with van der Waals surface area (Å²) in [7, 11) is -4.01. The molecular weight excluding hydrogens is 389 g/mol. The Labute approximate surface area is 162 Å². The number of benzene rings is 1. The van der Waals surface area contributed by atoms with Gasteiger partial charge in [-0.15, -0.1) is 0 Å². The highest BCUT2D eigenvalue weighted by Crippen LogP contribution is 2.34. The summed E-state index contributed by atoms with van der Waals surface area (Å²) in [5, 5.41) is 0. The van der Waals surface area contributed by atoms with Crippen molar-refractivity contribution in [3.05, 3.63) is 58.9 Å². The molecule has 0 atom stereocenters. The normalized spacial score (nSPS) is 13.3. The second-order valence-corrected chi connectivity index (χ2v) is 9.61. The summed E-state index contributed by atoms with van der Waals surface area (Å²) in [6, 6.07) is 8.58. The van der Waals surface area contributed by atoms with Gasteiger partial charge in [-0.3, -0.25) is 0 Å². The van der Waals surface area contributed by atoms with Crippen molar-refractivity contribution in [1.29, 1.82) is 0 Å². The van der Waals surface area contributed by atoms with Crippen LogP contribution < -0.4 is 0 Å². The van der Waals surface area contributed by atoms with Crippen LogP contribution in [0.4, 0.5) is 13.2 Å². The molecule has 0 fully saturated rings. The van der Waals surface area contributed by atoms with Gasteiger partial charge in [0.15, 0.2) is 0 Å². The van der Waals surface area contributed by atoms with Crippen molar-refractivity contribution in [3.63, 3.8) is 0 Å². The molecule has 2 aromatic heterocycles. The van der Waals surface area contributed by atoms with E-state index in [1.807, 2.05) is 26.8 Å². The Hall–Kier alpha value is -2.35. The van der Waals surface area contributed by atoms with Crippen LogP contribution in [0, 0.1) is 13.8 Å².